The monoisotopic (exact) mass is 398 g/mol. The minimum absolute atomic E-state index is 0.415. The summed E-state index contributed by atoms with van der Waals surface area (Å²) in [5.41, 5.74) is 6.40. The average molecular weight is 399 g/mol. The number of ether oxygens (including phenoxy) is 2. The van der Waals surface area contributed by atoms with Gasteiger partial charge in [0.1, 0.15) is 11.5 Å². The van der Waals surface area contributed by atoms with Gasteiger partial charge in [0.05, 0.1) is 6.61 Å². The Hall–Kier alpha value is -3.02. The van der Waals surface area contributed by atoms with E-state index >= 15 is 0 Å². The van der Waals surface area contributed by atoms with E-state index in [4.69, 9.17) is 9.47 Å². The van der Waals surface area contributed by atoms with Crippen LogP contribution in [0.25, 0.3) is 0 Å². The van der Waals surface area contributed by atoms with E-state index in [1.807, 2.05) is 24.3 Å². The Morgan fingerprint density at radius 2 is 1.41 bits per heavy atom. The molecule has 0 aromatic heterocycles. The maximum atomic E-state index is 12.2. The Labute approximate surface area is 172 Å². The summed E-state index contributed by atoms with van der Waals surface area (Å²) in [6.45, 7) is 10.6. The van der Waals surface area contributed by atoms with Gasteiger partial charge in [0.2, 0.25) is 0 Å². The van der Waals surface area contributed by atoms with Crippen LogP contribution >= 0.6 is 0 Å². The lowest BCUT2D eigenvalue weighted by Gasteiger charge is -2.16. The Kier molecular flexibility index (Phi) is 8.07. The highest BCUT2D eigenvalue weighted by Gasteiger charge is 2.16. The number of carbonyl (C=O) groups excluding carboxylic acids is 2. The fourth-order valence-electron chi connectivity index (χ4n) is 2.45. The zero-order chi connectivity index (χ0) is 21.4. The van der Waals surface area contributed by atoms with Crippen molar-refractivity contribution < 1.29 is 19.1 Å². The zero-order valence-corrected chi connectivity index (χ0v) is 17.7. The van der Waals surface area contributed by atoms with Gasteiger partial charge in [-0.2, -0.15) is 0 Å². The van der Waals surface area contributed by atoms with Crippen LogP contribution in [-0.4, -0.2) is 24.5 Å². The van der Waals surface area contributed by atoms with E-state index in [-0.39, 0.29) is 0 Å². The third-order valence-corrected chi connectivity index (χ3v) is 4.23. The third-order valence-electron chi connectivity index (χ3n) is 4.23. The van der Waals surface area contributed by atoms with Gasteiger partial charge >= 0.3 is 0 Å². The zero-order valence-electron chi connectivity index (χ0n) is 17.7. The Balaban J connectivity index is 1.81. The van der Waals surface area contributed by atoms with Crippen molar-refractivity contribution in [3.8, 4) is 11.5 Å². The van der Waals surface area contributed by atoms with Gasteiger partial charge in [-0.05, 0) is 60.7 Å². The largest absolute Gasteiger partial charge is 0.493 e. The molecule has 0 aliphatic carbocycles. The van der Waals surface area contributed by atoms with E-state index in [9.17, 15) is 9.59 Å². The average Bonchev–Trinajstić information content (AvgIpc) is 2.70. The minimum Gasteiger partial charge on any atom is -0.493 e. The summed E-state index contributed by atoms with van der Waals surface area (Å²) < 4.78 is 11.2. The number of hydrazine groups is 1. The molecule has 0 heterocycles. The molecule has 0 aliphatic heterocycles. The number of hydrogen-bond donors (Lipinski definition) is 2. The van der Waals surface area contributed by atoms with Crippen molar-refractivity contribution in [3.05, 3.63) is 59.7 Å². The molecule has 0 saturated carbocycles. The lowest BCUT2D eigenvalue weighted by atomic mass is 10.0. The molecule has 2 rings (SSSR count). The van der Waals surface area contributed by atoms with E-state index < -0.39 is 17.9 Å². The van der Waals surface area contributed by atoms with Crippen molar-refractivity contribution in [1.82, 2.24) is 10.9 Å². The first kappa shape index (κ1) is 22.3. The molecule has 0 unspecified atom stereocenters. The number of nitrogens with one attached hydrogen (secondary N) is 2. The van der Waals surface area contributed by atoms with Crippen LogP contribution in [0.3, 0.4) is 0 Å². The molecule has 2 aromatic carbocycles. The minimum atomic E-state index is -0.757. The summed E-state index contributed by atoms with van der Waals surface area (Å²) in [5.74, 6) is 1.29. The van der Waals surface area contributed by atoms with Crippen LogP contribution in [0.2, 0.25) is 0 Å². The lowest BCUT2D eigenvalue weighted by molar-refractivity contribution is -0.128. The predicted molar refractivity (Wildman–Crippen MR) is 113 cm³/mol. The Morgan fingerprint density at radius 1 is 0.828 bits per heavy atom. The van der Waals surface area contributed by atoms with Crippen molar-refractivity contribution in [2.75, 3.05) is 6.61 Å². The van der Waals surface area contributed by atoms with E-state index in [2.05, 4.69) is 38.5 Å². The molecule has 0 bridgehead atoms. The van der Waals surface area contributed by atoms with Gasteiger partial charge in [-0.3, -0.25) is 20.4 Å². The molecule has 156 valence electrons. The molecule has 1 atom stereocenters. The molecule has 0 aliphatic rings. The van der Waals surface area contributed by atoms with Crippen LogP contribution in [0.1, 0.15) is 56.5 Å². The quantitative estimate of drug-likeness (QED) is 0.657. The summed E-state index contributed by atoms with van der Waals surface area (Å²) in [6.07, 6.45) is -0.757. The molecule has 2 aromatic rings. The third kappa shape index (κ3) is 7.14. The fourth-order valence-corrected chi connectivity index (χ4v) is 2.45. The molecule has 2 N–H and O–H groups in total. The van der Waals surface area contributed by atoms with Gasteiger partial charge in [0.25, 0.3) is 11.8 Å². The maximum Gasteiger partial charge on any atom is 0.279 e. The summed E-state index contributed by atoms with van der Waals surface area (Å²) in [5, 5.41) is 0. The highest BCUT2D eigenvalue weighted by molar-refractivity contribution is 5.95. The van der Waals surface area contributed by atoms with E-state index in [0.29, 0.717) is 35.5 Å². The molecular weight excluding hydrogens is 368 g/mol. The number of hydrogen-bond acceptors (Lipinski definition) is 4. The summed E-state index contributed by atoms with van der Waals surface area (Å²) in [6, 6.07) is 14.4. The van der Waals surface area contributed by atoms with Gasteiger partial charge in [0, 0.05) is 5.56 Å². The standard InChI is InChI=1S/C23H30N2O4/c1-15(2)14-28-20-10-8-19(9-11-20)23(27)25-24-22(26)17(5)29-21-12-6-18(7-13-21)16(3)4/h6-13,15-17H,14H2,1-5H3,(H,24,26)(H,25,27)/t17-/m1/s1. The van der Waals surface area contributed by atoms with E-state index in [1.54, 1.807) is 31.2 Å². The second-order valence-electron chi connectivity index (χ2n) is 7.66. The van der Waals surface area contributed by atoms with Crippen molar-refractivity contribution in [2.45, 2.75) is 46.6 Å². The highest BCUT2D eigenvalue weighted by atomic mass is 16.5. The smallest absolute Gasteiger partial charge is 0.279 e. The highest BCUT2D eigenvalue weighted by Crippen LogP contribution is 2.19. The van der Waals surface area contributed by atoms with Crippen molar-refractivity contribution in [3.63, 3.8) is 0 Å². The fraction of sp³-hybridized carbons (Fsp3) is 0.391. The first-order chi connectivity index (χ1) is 13.8. The lowest BCUT2D eigenvalue weighted by Crippen LogP contribution is -2.47. The van der Waals surface area contributed by atoms with Crippen LogP contribution < -0.4 is 20.3 Å². The number of carbonyl (C=O) groups is 2. The number of benzene rings is 2. The van der Waals surface area contributed by atoms with Crippen molar-refractivity contribution in [2.24, 2.45) is 5.92 Å². The van der Waals surface area contributed by atoms with Crippen molar-refractivity contribution in [1.29, 1.82) is 0 Å². The first-order valence-electron chi connectivity index (χ1n) is 9.86. The summed E-state index contributed by atoms with van der Waals surface area (Å²) in [7, 11) is 0. The Bertz CT molecular complexity index is 799. The molecule has 0 spiro atoms. The van der Waals surface area contributed by atoms with Crippen LogP contribution in [0.15, 0.2) is 48.5 Å². The van der Waals surface area contributed by atoms with Crippen LogP contribution in [-0.2, 0) is 4.79 Å². The molecular formula is C23H30N2O4. The van der Waals surface area contributed by atoms with Crippen LogP contribution in [0.5, 0.6) is 11.5 Å². The molecule has 0 fully saturated rings. The molecule has 0 radical (unpaired) electrons. The first-order valence-corrected chi connectivity index (χ1v) is 9.86. The van der Waals surface area contributed by atoms with Gasteiger partial charge in [-0.1, -0.05) is 39.8 Å². The van der Waals surface area contributed by atoms with Gasteiger partial charge < -0.3 is 9.47 Å². The van der Waals surface area contributed by atoms with Gasteiger partial charge in [-0.25, -0.2) is 0 Å². The predicted octanol–water partition coefficient (Wildman–Crippen LogP) is 4.07. The molecule has 29 heavy (non-hydrogen) atoms. The molecule has 0 saturated heterocycles. The normalized spacial score (nSPS) is 11.8. The van der Waals surface area contributed by atoms with Crippen LogP contribution in [0.4, 0.5) is 0 Å². The van der Waals surface area contributed by atoms with Gasteiger partial charge in [0.15, 0.2) is 6.10 Å². The van der Waals surface area contributed by atoms with E-state index in [1.165, 1.54) is 5.56 Å². The van der Waals surface area contributed by atoms with E-state index in [0.717, 1.165) is 0 Å². The summed E-state index contributed by atoms with van der Waals surface area (Å²) >= 11 is 0. The summed E-state index contributed by atoms with van der Waals surface area (Å²) in [4.78, 5) is 24.4. The second-order valence-corrected chi connectivity index (χ2v) is 7.66. The Morgan fingerprint density at radius 3 is 1.97 bits per heavy atom. The van der Waals surface area contributed by atoms with Crippen molar-refractivity contribution >= 4 is 11.8 Å². The topological polar surface area (TPSA) is 76.7 Å². The van der Waals surface area contributed by atoms with Gasteiger partial charge in [-0.15, -0.1) is 0 Å². The SMILES string of the molecule is CC(C)COc1ccc(C(=O)NNC(=O)[C@@H](C)Oc2ccc(C(C)C)cc2)cc1. The van der Waals surface area contributed by atoms with Crippen LogP contribution in [0, 0.1) is 5.92 Å². The number of amides is 2. The number of rotatable bonds is 8. The second kappa shape index (κ2) is 10.5. The molecule has 2 amide bonds. The molecule has 6 nitrogen and oxygen atoms in total. The maximum absolute atomic E-state index is 12.2. The molecule has 6 heteroatoms.